The van der Waals surface area contributed by atoms with Crippen molar-refractivity contribution in [2.75, 3.05) is 5.73 Å². The van der Waals surface area contributed by atoms with Crippen LogP contribution in [0.15, 0.2) is 6.07 Å². The number of halogens is 3. The lowest BCUT2D eigenvalue weighted by molar-refractivity contribution is 0.112. The normalized spacial score (nSPS) is 10.5. The van der Waals surface area contributed by atoms with Gasteiger partial charge in [0.05, 0.1) is 5.69 Å². The van der Waals surface area contributed by atoms with Crippen molar-refractivity contribution in [1.29, 1.82) is 0 Å². The molecule has 1 heterocycles. The van der Waals surface area contributed by atoms with Crippen LogP contribution < -0.4 is 5.73 Å². The van der Waals surface area contributed by atoms with Crippen LogP contribution in [0.5, 0.6) is 0 Å². The molecule has 1 rings (SSSR count). The van der Waals surface area contributed by atoms with Crippen LogP contribution in [0.4, 0.5) is 14.5 Å². The molecule has 70 valence electrons. The van der Waals surface area contributed by atoms with E-state index in [2.05, 4.69) is 4.98 Å². The van der Waals surface area contributed by atoms with E-state index in [-0.39, 0.29) is 16.4 Å². The fourth-order valence-corrected chi connectivity index (χ4v) is 0.978. The van der Waals surface area contributed by atoms with Crippen molar-refractivity contribution in [2.24, 2.45) is 0 Å². The van der Waals surface area contributed by atoms with Gasteiger partial charge in [0.2, 0.25) is 0 Å². The molecule has 3 nitrogen and oxygen atoms in total. The Bertz CT molecular complexity index is 344. The van der Waals surface area contributed by atoms with Crippen LogP contribution in [-0.4, -0.2) is 11.3 Å². The molecule has 0 aliphatic heterocycles. The van der Waals surface area contributed by atoms with Gasteiger partial charge >= 0.3 is 0 Å². The predicted octanol–water partition coefficient (Wildman–Crippen LogP) is 2.07. The summed E-state index contributed by atoms with van der Waals surface area (Å²) in [6.07, 6.45) is -2.41. The van der Waals surface area contributed by atoms with Gasteiger partial charge in [0.15, 0.2) is 11.4 Å². The monoisotopic (exact) mass is 206 g/mol. The average Bonchev–Trinajstić information content (AvgIpc) is 2.09. The Morgan fingerprint density at radius 3 is 2.69 bits per heavy atom. The van der Waals surface area contributed by atoms with E-state index >= 15 is 0 Å². The van der Waals surface area contributed by atoms with Crippen LogP contribution in [0.25, 0.3) is 0 Å². The van der Waals surface area contributed by atoms with Crippen LogP contribution in [0, 0.1) is 0 Å². The molecule has 0 aliphatic rings. The molecule has 0 unspecified atom stereocenters. The average molecular weight is 207 g/mol. The van der Waals surface area contributed by atoms with Crippen molar-refractivity contribution >= 4 is 23.6 Å². The molecule has 0 radical (unpaired) electrons. The topological polar surface area (TPSA) is 56.0 Å². The summed E-state index contributed by atoms with van der Waals surface area (Å²) < 4.78 is 24.2. The first-order valence-electron chi connectivity index (χ1n) is 3.25. The molecule has 0 aliphatic carbocycles. The first-order valence-corrected chi connectivity index (χ1v) is 3.63. The van der Waals surface area contributed by atoms with E-state index in [1.807, 2.05) is 0 Å². The number of pyridine rings is 1. The van der Waals surface area contributed by atoms with E-state index in [4.69, 9.17) is 17.3 Å². The van der Waals surface area contributed by atoms with E-state index in [9.17, 15) is 13.6 Å². The maximum absolute atomic E-state index is 12.1. The Balaban J connectivity index is 3.30. The number of aromatic nitrogens is 1. The predicted molar refractivity (Wildman–Crippen MR) is 44.0 cm³/mol. The first kappa shape index (κ1) is 9.85. The Kier molecular flexibility index (Phi) is 2.77. The van der Waals surface area contributed by atoms with Crippen LogP contribution in [-0.2, 0) is 0 Å². The summed E-state index contributed by atoms with van der Waals surface area (Å²) in [5.41, 5.74) is 4.58. The molecule has 0 spiro atoms. The van der Waals surface area contributed by atoms with Crippen molar-refractivity contribution in [3.05, 3.63) is 22.5 Å². The third kappa shape index (κ3) is 1.92. The highest BCUT2D eigenvalue weighted by Crippen LogP contribution is 2.25. The molecule has 13 heavy (non-hydrogen) atoms. The number of carbonyl (C=O) groups excluding carboxylic acids is 1. The number of nitrogens with zero attached hydrogens (tertiary/aromatic N) is 1. The zero-order valence-corrected chi connectivity index (χ0v) is 7.05. The lowest BCUT2D eigenvalue weighted by Gasteiger charge is -2.04. The molecule has 6 heteroatoms. The van der Waals surface area contributed by atoms with Crippen molar-refractivity contribution in [3.8, 4) is 0 Å². The smallest absolute Gasteiger partial charge is 0.280 e. The van der Waals surface area contributed by atoms with E-state index in [0.29, 0.717) is 6.29 Å². The van der Waals surface area contributed by atoms with Crippen molar-refractivity contribution in [3.63, 3.8) is 0 Å². The van der Waals surface area contributed by atoms with Gasteiger partial charge in [-0.2, -0.15) is 0 Å². The van der Waals surface area contributed by atoms with Gasteiger partial charge in [-0.25, -0.2) is 13.8 Å². The van der Waals surface area contributed by atoms with Crippen LogP contribution in [0.3, 0.4) is 0 Å². The molecule has 0 bridgehead atoms. The molecule has 0 atom stereocenters. The number of alkyl halides is 2. The van der Waals surface area contributed by atoms with Gasteiger partial charge in [0, 0.05) is 5.56 Å². The molecule has 0 amide bonds. The summed E-state index contributed by atoms with van der Waals surface area (Å²) in [6, 6.07) is 0.916. The van der Waals surface area contributed by atoms with E-state index in [1.54, 1.807) is 0 Å². The number of hydrogen-bond donors (Lipinski definition) is 1. The summed E-state index contributed by atoms with van der Waals surface area (Å²) in [5.74, 6) is 0. The highest BCUT2D eigenvalue weighted by molar-refractivity contribution is 6.32. The second-order valence-electron chi connectivity index (χ2n) is 2.26. The van der Waals surface area contributed by atoms with E-state index in [0.717, 1.165) is 6.07 Å². The lowest BCUT2D eigenvalue weighted by Crippen LogP contribution is -2.00. The Morgan fingerprint density at radius 1 is 1.62 bits per heavy atom. The molecular weight excluding hydrogens is 202 g/mol. The van der Waals surface area contributed by atoms with Crippen LogP contribution in [0.1, 0.15) is 22.5 Å². The zero-order chi connectivity index (χ0) is 10.0. The largest absolute Gasteiger partial charge is 0.396 e. The highest BCUT2D eigenvalue weighted by atomic mass is 35.5. The van der Waals surface area contributed by atoms with Gasteiger partial charge in [-0.1, -0.05) is 11.6 Å². The van der Waals surface area contributed by atoms with Gasteiger partial charge in [-0.05, 0) is 6.07 Å². The molecule has 0 saturated heterocycles. The number of rotatable bonds is 2. The highest BCUT2D eigenvalue weighted by Gasteiger charge is 2.14. The molecular formula is C7H5ClF2N2O. The summed E-state index contributed by atoms with van der Waals surface area (Å²) in [4.78, 5) is 13.7. The number of nitrogens with two attached hydrogens (primary N) is 1. The zero-order valence-electron chi connectivity index (χ0n) is 6.30. The van der Waals surface area contributed by atoms with Crippen molar-refractivity contribution < 1.29 is 13.6 Å². The van der Waals surface area contributed by atoms with Gasteiger partial charge in [-0.15, -0.1) is 0 Å². The Labute approximate surface area is 77.5 Å². The fourth-order valence-electron chi connectivity index (χ4n) is 0.771. The number of aldehydes is 1. The van der Waals surface area contributed by atoms with Gasteiger partial charge < -0.3 is 5.73 Å². The van der Waals surface area contributed by atoms with Crippen LogP contribution in [0.2, 0.25) is 5.15 Å². The van der Waals surface area contributed by atoms with Crippen LogP contribution >= 0.6 is 11.6 Å². The number of anilines is 1. The number of carbonyl (C=O) groups is 1. The molecule has 0 saturated carbocycles. The Morgan fingerprint density at radius 2 is 2.23 bits per heavy atom. The minimum atomic E-state index is -2.77. The van der Waals surface area contributed by atoms with Crippen molar-refractivity contribution in [1.82, 2.24) is 4.98 Å². The van der Waals surface area contributed by atoms with Gasteiger partial charge in [0.1, 0.15) is 5.69 Å². The molecule has 0 fully saturated rings. The van der Waals surface area contributed by atoms with Gasteiger partial charge in [-0.3, -0.25) is 4.79 Å². The molecule has 1 aromatic heterocycles. The number of nitrogen functional groups attached to an aromatic ring is 1. The Hall–Kier alpha value is -1.23. The van der Waals surface area contributed by atoms with Crippen molar-refractivity contribution in [2.45, 2.75) is 6.43 Å². The summed E-state index contributed by atoms with van der Waals surface area (Å²) in [7, 11) is 0. The summed E-state index contributed by atoms with van der Waals surface area (Å²) >= 11 is 5.41. The standard InChI is InChI=1S/C7H5ClF2N2O/c8-6-5(11)3(2-13)1-4(12-6)7(9)10/h1-2,7H,11H2. The lowest BCUT2D eigenvalue weighted by atomic mass is 10.2. The van der Waals surface area contributed by atoms with E-state index in [1.165, 1.54) is 0 Å². The molecule has 0 aromatic carbocycles. The fraction of sp³-hybridized carbons (Fsp3) is 0.143. The third-order valence-corrected chi connectivity index (χ3v) is 1.70. The molecule has 2 N–H and O–H groups in total. The van der Waals surface area contributed by atoms with E-state index < -0.39 is 12.1 Å². The first-order chi connectivity index (χ1) is 6.06. The molecule has 1 aromatic rings. The SMILES string of the molecule is Nc1c(C=O)cc(C(F)F)nc1Cl. The third-order valence-electron chi connectivity index (χ3n) is 1.41. The summed E-state index contributed by atoms with van der Waals surface area (Å²) in [5, 5.41) is -0.278. The minimum Gasteiger partial charge on any atom is -0.396 e. The second-order valence-corrected chi connectivity index (χ2v) is 2.62. The maximum Gasteiger partial charge on any atom is 0.280 e. The number of hydrogen-bond acceptors (Lipinski definition) is 3. The quantitative estimate of drug-likeness (QED) is 0.595. The summed E-state index contributed by atoms with van der Waals surface area (Å²) in [6.45, 7) is 0. The van der Waals surface area contributed by atoms with Gasteiger partial charge in [0.25, 0.3) is 6.43 Å². The second kappa shape index (κ2) is 3.66. The maximum atomic E-state index is 12.1. The minimum absolute atomic E-state index is 0.0738.